The Bertz CT molecular complexity index is 597. The minimum absolute atomic E-state index is 0.267. The van der Waals surface area contributed by atoms with E-state index in [9.17, 15) is 14.1 Å². The van der Waals surface area contributed by atoms with Crippen LogP contribution in [0.2, 0.25) is 0 Å². The van der Waals surface area contributed by atoms with Gasteiger partial charge in [0.15, 0.2) is 4.90 Å². The van der Waals surface area contributed by atoms with Crippen LogP contribution in [0, 0.1) is 11.8 Å². The van der Waals surface area contributed by atoms with Gasteiger partial charge < -0.3 is 14.6 Å². The number of carbonyl (C=O) groups excluding carboxylic acids is 2. The molecule has 7 nitrogen and oxygen atoms in total. The summed E-state index contributed by atoms with van der Waals surface area (Å²) in [4.78, 5) is 22.5. The molecule has 8 heteroatoms. The molecule has 1 aromatic carbocycles. The van der Waals surface area contributed by atoms with Gasteiger partial charge in [0.2, 0.25) is 11.7 Å². The Morgan fingerprint density at radius 1 is 1.40 bits per heavy atom. The molecular formula is C17H22N2O5S. The monoisotopic (exact) mass is 366 g/mol. The van der Waals surface area contributed by atoms with E-state index >= 15 is 0 Å². The zero-order valence-corrected chi connectivity index (χ0v) is 14.8. The topological polar surface area (TPSA) is 111 Å². The van der Waals surface area contributed by atoms with Gasteiger partial charge in [-0.05, 0) is 55.2 Å². The molecule has 0 aliphatic carbocycles. The van der Waals surface area contributed by atoms with Crippen molar-refractivity contribution in [2.24, 2.45) is 0 Å². The molecule has 1 rings (SSSR count). The van der Waals surface area contributed by atoms with Crippen LogP contribution in [0.15, 0.2) is 29.2 Å². The van der Waals surface area contributed by atoms with Gasteiger partial charge in [-0.15, -0.1) is 5.92 Å². The van der Waals surface area contributed by atoms with Crippen molar-refractivity contribution in [2.75, 3.05) is 13.2 Å². The van der Waals surface area contributed by atoms with Gasteiger partial charge in [-0.3, -0.25) is 14.8 Å². The Hall–Kier alpha value is -2.21. The lowest BCUT2D eigenvalue weighted by Crippen LogP contribution is -2.38. The van der Waals surface area contributed by atoms with Crippen molar-refractivity contribution < 1.29 is 24.1 Å². The van der Waals surface area contributed by atoms with Crippen LogP contribution >= 0.6 is 0 Å². The second-order valence-corrected chi connectivity index (χ2v) is 6.65. The summed E-state index contributed by atoms with van der Waals surface area (Å²) in [5, 5.41) is 10.5. The van der Waals surface area contributed by atoms with Crippen LogP contribution in [0.3, 0.4) is 0 Å². The molecule has 25 heavy (non-hydrogen) atoms. The number of benzene rings is 1. The van der Waals surface area contributed by atoms with E-state index in [1.807, 2.05) is 0 Å². The van der Waals surface area contributed by atoms with E-state index in [2.05, 4.69) is 17.2 Å². The van der Waals surface area contributed by atoms with Crippen LogP contribution in [0.1, 0.15) is 26.2 Å². The lowest BCUT2D eigenvalue weighted by molar-refractivity contribution is -0.128. The highest BCUT2D eigenvalue weighted by Crippen LogP contribution is 2.23. The third-order valence-corrected chi connectivity index (χ3v) is 5.03. The van der Waals surface area contributed by atoms with Gasteiger partial charge in [-0.25, -0.2) is 5.48 Å². The number of carbonyl (C=O) groups is 2. The van der Waals surface area contributed by atoms with E-state index in [0.717, 1.165) is 0 Å². The molecule has 2 amide bonds. The number of rotatable bonds is 11. The van der Waals surface area contributed by atoms with Gasteiger partial charge in [0.25, 0.3) is 5.91 Å². The summed E-state index contributed by atoms with van der Waals surface area (Å²) in [5.41, 5.74) is 1.57. The van der Waals surface area contributed by atoms with Crippen LogP contribution in [0.5, 0.6) is 5.75 Å². The van der Waals surface area contributed by atoms with Crippen molar-refractivity contribution in [1.82, 2.24) is 10.8 Å². The first kappa shape index (κ1) is 20.8. The van der Waals surface area contributed by atoms with E-state index in [1.54, 1.807) is 36.7 Å². The molecule has 136 valence electrons. The minimum Gasteiger partial charge on any atom is -0.611 e. The van der Waals surface area contributed by atoms with Gasteiger partial charge in [-0.2, -0.15) is 0 Å². The second kappa shape index (κ2) is 12.2. The van der Waals surface area contributed by atoms with Crippen LogP contribution in [0.4, 0.5) is 0 Å². The van der Waals surface area contributed by atoms with E-state index in [4.69, 9.17) is 9.94 Å². The number of unbranched alkanes of at least 4 members (excludes halogenated alkanes) is 1. The second-order valence-electron chi connectivity index (χ2n) is 5.02. The smallest absolute Gasteiger partial charge is 0.296 e. The van der Waals surface area contributed by atoms with Crippen molar-refractivity contribution in [3.8, 4) is 17.6 Å². The standard InChI is InChI=1S/C17H22N2O5S/c1-2-3-12-24-14-7-9-15(10-8-14)25(23)16(17(21)19-22)6-4-5-11-18-13-20/h7-10,13,16,22H,4-6,11-12H2,1H3,(H,18,20)(H,19,21). The van der Waals surface area contributed by atoms with Gasteiger partial charge in [0.1, 0.15) is 12.4 Å². The molecule has 0 aliphatic heterocycles. The normalized spacial score (nSPS) is 12.3. The summed E-state index contributed by atoms with van der Waals surface area (Å²) >= 11 is -1.62. The molecule has 0 saturated carbocycles. The van der Waals surface area contributed by atoms with Crippen LogP contribution in [-0.2, 0) is 20.8 Å². The summed E-state index contributed by atoms with van der Waals surface area (Å²) in [5.74, 6) is 5.39. The van der Waals surface area contributed by atoms with E-state index in [-0.39, 0.29) is 6.61 Å². The molecule has 0 fully saturated rings. The Balaban J connectivity index is 2.68. The first-order valence-electron chi connectivity index (χ1n) is 7.78. The molecule has 2 atom stereocenters. The molecule has 0 aromatic heterocycles. The summed E-state index contributed by atoms with van der Waals surface area (Å²) in [6.07, 6.45) is 2.16. The first-order chi connectivity index (χ1) is 12.1. The maximum Gasteiger partial charge on any atom is 0.296 e. The predicted molar refractivity (Wildman–Crippen MR) is 93.4 cm³/mol. The molecule has 1 aromatic rings. The molecule has 0 saturated heterocycles. The number of amides is 2. The number of hydroxylamine groups is 1. The Morgan fingerprint density at radius 2 is 2.12 bits per heavy atom. The maximum atomic E-state index is 12.6. The van der Waals surface area contributed by atoms with E-state index in [1.165, 1.54) is 0 Å². The van der Waals surface area contributed by atoms with E-state index < -0.39 is 22.3 Å². The fourth-order valence-corrected chi connectivity index (χ4v) is 3.41. The van der Waals surface area contributed by atoms with Crippen LogP contribution in [0.25, 0.3) is 0 Å². The lowest BCUT2D eigenvalue weighted by Gasteiger charge is -2.19. The molecule has 0 heterocycles. The van der Waals surface area contributed by atoms with Gasteiger partial charge in [-0.1, -0.05) is 5.92 Å². The average molecular weight is 366 g/mol. The first-order valence-corrected chi connectivity index (χ1v) is 8.99. The summed E-state index contributed by atoms with van der Waals surface area (Å²) < 4.78 is 18.0. The van der Waals surface area contributed by atoms with Crippen molar-refractivity contribution >= 4 is 23.5 Å². The largest absolute Gasteiger partial charge is 0.611 e. The summed E-state index contributed by atoms with van der Waals surface area (Å²) in [6, 6.07) is 6.56. The Kier molecular flexibility index (Phi) is 10.2. The SMILES string of the molecule is CC#CCOc1ccc([S+]([O-])C(CCCCNC=O)C(=O)NO)cc1. The molecule has 0 radical (unpaired) electrons. The molecule has 2 unspecified atom stereocenters. The fourth-order valence-electron chi connectivity index (χ4n) is 2.05. The molecule has 3 N–H and O–H groups in total. The van der Waals surface area contributed by atoms with Crippen molar-refractivity contribution in [1.29, 1.82) is 0 Å². The fraction of sp³-hybridized carbons (Fsp3) is 0.412. The number of nitrogens with one attached hydrogen (secondary N) is 2. The van der Waals surface area contributed by atoms with Crippen molar-refractivity contribution in [3.05, 3.63) is 24.3 Å². The quantitative estimate of drug-likeness (QED) is 0.135. The average Bonchev–Trinajstić information content (AvgIpc) is 2.64. The van der Waals surface area contributed by atoms with Crippen molar-refractivity contribution in [3.63, 3.8) is 0 Å². The molecule has 0 aliphatic rings. The molecular weight excluding hydrogens is 344 g/mol. The summed E-state index contributed by atoms with van der Waals surface area (Å²) in [7, 11) is 0. The highest BCUT2D eigenvalue weighted by molar-refractivity contribution is 7.92. The van der Waals surface area contributed by atoms with Gasteiger partial charge >= 0.3 is 0 Å². The third-order valence-electron chi connectivity index (χ3n) is 3.33. The van der Waals surface area contributed by atoms with Crippen LogP contribution in [-0.4, -0.2) is 40.5 Å². The maximum absolute atomic E-state index is 12.6. The highest BCUT2D eigenvalue weighted by atomic mass is 32.2. The number of ether oxygens (including phenoxy) is 1. The Morgan fingerprint density at radius 3 is 2.72 bits per heavy atom. The minimum atomic E-state index is -1.62. The van der Waals surface area contributed by atoms with Crippen molar-refractivity contribution in [2.45, 2.75) is 36.3 Å². The zero-order chi connectivity index (χ0) is 18.5. The number of hydrogen-bond donors (Lipinski definition) is 3. The zero-order valence-electron chi connectivity index (χ0n) is 14.0. The number of hydrogen-bond acceptors (Lipinski definition) is 5. The Labute approximate surface area is 150 Å². The van der Waals surface area contributed by atoms with Gasteiger partial charge in [0, 0.05) is 13.0 Å². The highest BCUT2D eigenvalue weighted by Gasteiger charge is 2.31. The summed E-state index contributed by atoms with van der Waals surface area (Å²) in [6.45, 7) is 2.47. The lowest BCUT2D eigenvalue weighted by atomic mass is 10.2. The molecule has 0 bridgehead atoms. The molecule has 0 spiro atoms. The van der Waals surface area contributed by atoms with Crippen LogP contribution < -0.4 is 15.5 Å². The van der Waals surface area contributed by atoms with E-state index in [0.29, 0.717) is 42.9 Å². The predicted octanol–water partition coefficient (Wildman–Crippen LogP) is 0.987. The van der Waals surface area contributed by atoms with Gasteiger partial charge in [0.05, 0.1) is 0 Å². The third kappa shape index (κ3) is 7.47.